The Hall–Kier alpha value is -4.26. The van der Waals surface area contributed by atoms with E-state index in [9.17, 15) is 22.0 Å². The fourth-order valence-corrected chi connectivity index (χ4v) is 2.78. The highest BCUT2D eigenvalue weighted by molar-refractivity contribution is 5.81. The number of rotatable bonds is 10. The number of alkyl halides is 5. The van der Waals surface area contributed by atoms with Crippen LogP contribution in [0.15, 0.2) is 60.2 Å². The Balaban J connectivity index is 1.79. The molecular formula is C23H21F5N6O2. The van der Waals surface area contributed by atoms with Crippen molar-refractivity contribution in [2.45, 2.75) is 19.3 Å². The molecular weight excluding hydrogens is 487 g/mol. The zero-order valence-electron chi connectivity index (χ0n) is 18.8. The molecule has 0 aliphatic rings. The summed E-state index contributed by atoms with van der Waals surface area (Å²) < 4.78 is 71.9. The SMILES string of the molecule is C=Cc1cc(/C=N\Nc2cc(OCC(N)(F)F)nc(Nc3ccc(OC(F)(F)F)cc3)n2)ccc1C. The molecule has 0 aliphatic carbocycles. The van der Waals surface area contributed by atoms with E-state index in [0.29, 0.717) is 0 Å². The Bertz CT molecular complexity index is 1230. The highest BCUT2D eigenvalue weighted by atomic mass is 19.4. The summed E-state index contributed by atoms with van der Waals surface area (Å²) in [6.45, 7) is 4.54. The summed E-state index contributed by atoms with van der Waals surface area (Å²) in [5.41, 5.74) is 10.3. The average molecular weight is 508 g/mol. The van der Waals surface area contributed by atoms with Gasteiger partial charge < -0.3 is 14.8 Å². The molecule has 2 aromatic carbocycles. The van der Waals surface area contributed by atoms with Crippen molar-refractivity contribution in [1.29, 1.82) is 0 Å². The molecule has 0 unspecified atom stereocenters. The van der Waals surface area contributed by atoms with Gasteiger partial charge in [0.15, 0.2) is 12.4 Å². The second-order valence-corrected chi connectivity index (χ2v) is 7.35. The second-order valence-electron chi connectivity index (χ2n) is 7.35. The number of hydrogen-bond acceptors (Lipinski definition) is 8. The number of hydrogen-bond donors (Lipinski definition) is 3. The first-order chi connectivity index (χ1) is 16.9. The van der Waals surface area contributed by atoms with E-state index in [1.54, 1.807) is 6.08 Å². The van der Waals surface area contributed by atoms with Crippen LogP contribution in [0.25, 0.3) is 6.08 Å². The molecule has 0 saturated heterocycles. The zero-order valence-corrected chi connectivity index (χ0v) is 18.8. The Kier molecular flexibility index (Phi) is 8.04. The number of ether oxygens (including phenoxy) is 2. The first-order valence-electron chi connectivity index (χ1n) is 10.2. The van der Waals surface area contributed by atoms with Crippen LogP contribution < -0.4 is 25.9 Å². The summed E-state index contributed by atoms with van der Waals surface area (Å²) >= 11 is 0. The number of nitrogens with zero attached hydrogens (tertiary/aromatic N) is 3. The summed E-state index contributed by atoms with van der Waals surface area (Å²) in [7, 11) is 0. The Morgan fingerprint density at radius 2 is 1.78 bits per heavy atom. The molecule has 36 heavy (non-hydrogen) atoms. The molecule has 3 rings (SSSR count). The Morgan fingerprint density at radius 1 is 1.06 bits per heavy atom. The number of nitrogens with one attached hydrogen (secondary N) is 2. The second kappa shape index (κ2) is 11.0. The molecule has 1 aromatic heterocycles. The largest absolute Gasteiger partial charge is 0.573 e. The van der Waals surface area contributed by atoms with E-state index in [-0.39, 0.29) is 23.3 Å². The number of benzene rings is 2. The smallest absolute Gasteiger partial charge is 0.469 e. The van der Waals surface area contributed by atoms with Gasteiger partial charge in [0.2, 0.25) is 11.8 Å². The number of nitrogens with two attached hydrogens (primary N) is 1. The lowest BCUT2D eigenvalue weighted by Crippen LogP contribution is -2.35. The molecule has 0 fully saturated rings. The van der Waals surface area contributed by atoms with E-state index in [2.05, 4.69) is 42.9 Å². The van der Waals surface area contributed by atoms with Crippen LogP contribution in [0.1, 0.15) is 16.7 Å². The minimum atomic E-state index is -4.83. The summed E-state index contributed by atoms with van der Waals surface area (Å²) in [6.07, 6.45) is -1.61. The van der Waals surface area contributed by atoms with E-state index >= 15 is 0 Å². The Morgan fingerprint density at radius 3 is 2.42 bits per heavy atom. The minimum Gasteiger partial charge on any atom is -0.469 e. The van der Waals surface area contributed by atoms with Crippen molar-refractivity contribution in [3.8, 4) is 11.6 Å². The van der Waals surface area contributed by atoms with Crippen LogP contribution in [-0.2, 0) is 0 Å². The number of halogens is 5. The van der Waals surface area contributed by atoms with Gasteiger partial charge in [-0.25, -0.2) is 0 Å². The van der Waals surface area contributed by atoms with E-state index in [0.717, 1.165) is 28.8 Å². The van der Waals surface area contributed by atoms with E-state index in [1.165, 1.54) is 24.4 Å². The molecule has 0 amide bonds. The molecule has 0 atom stereocenters. The molecule has 0 saturated carbocycles. The summed E-state index contributed by atoms with van der Waals surface area (Å²) in [4.78, 5) is 8.13. The maximum Gasteiger partial charge on any atom is 0.573 e. The maximum atomic E-state index is 13.0. The van der Waals surface area contributed by atoms with Crippen LogP contribution in [0.2, 0.25) is 0 Å². The van der Waals surface area contributed by atoms with Gasteiger partial charge in [-0.1, -0.05) is 24.8 Å². The first-order valence-corrected chi connectivity index (χ1v) is 10.2. The van der Waals surface area contributed by atoms with Crippen molar-refractivity contribution in [3.05, 3.63) is 71.8 Å². The minimum absolute atomic E-state index is 0.0761. The topological polar surface area (TPSA) is 107 Å². The van der Waals surface area contributed by atoms with Crippen LogP contribution >= 0.6 is 0 Å². The fourth-order valence-electron chi connectivity index (χ4n) is 2.78. The monoisotopic (exact) mass is 508 g/mol. The van der Waals surface area contributed by atoms with Crippen molar-refractivity contribution in [1.82, 2.24) is 9.97 Å². The lowest BCUT2D eigenvalue weighted by atomic mass is 10.1. The van der Waals surface area contributed by atoms with Gasteiger partial charge in [-0.15, -0.1) is 13.2 Å². The third-order valence-corrected chi connectivity index (χ3v) is 4.38. The van der Waals surface area contributed by atoms with Crippen LogP contribution in [0.4, 0.5) is 39.4 Å². The maximum absolute atomic E-state index is 13.0. The molecule has 0 bridgehead atoms. The number of hydrazone groups is 1. The van der Waals surface area contributed by atoms with Gasteiger partial charge in [-0.3, -0.25) is 11.2 Å². The van der Waals surface area contributed by atoms with Crippen molar-refractivity contribution in [3.63, 3.8) is 0 Å². The number of aryl methyl sites for hydroxylation is 1. The predicted molar refractivity (Wildman–Crippen MR) is 126 cm³/mol. The van der Waals surface area contributed by atoms with Gasteiger partial charge in [0, 0.05) is 11.8 Å². The van der Waals surface area contributed by atoms with Gasteiger partial charge in [0.05, 0.1) is 6.21 Å². The van der Waals surface area contributed by atoms with Crippen molar-refractivity contribution < 1.29 is 31.4 Å². The third kappa shape index (κ3) is 8.51. The van der Waals surface area contributed by atoms with Crippen molar-refractivity contribution in [2.75, 3.05) is 17.3 Å². The van der Waals surface area contributed by atoms with Crippen LogP contribution in [-0.4, -0.2) is 35.2 Å². The Labute approximate surface area is 202 Å². The van der Waals surface area contributed by atoms with Crippen LogP contribution in [0, 0.1) is 6.92 Å². The number of anilines is 3. The molecule has 190 valence electrons. The van der Waals surface area contributed by atoms with Gasteiger partial charge in [0.1, 0.15) is 5.75 Å². The molecule has 0 spiro atoms. The third-order valence-electron chi connectivity index (χ3n) is 4.38. The molecule has 1 heterocycles. The number of aromatic nitrogens is 2. The fraction of sp³-hybridized carbons (Fsp3) is 0.174. The molecule has 3 aromatic rings. The van der Waals surface area contributed by atoms with Crippen molar-refractivity contribution >= 4 is 29.7 Å². The van der Waals surface area contributed by atoms with E-state index in [1.807, 2.05) is 25.1 Å². The molecule has 4 N–H and O–H groups in total. The summed E-state index contributed by atoms with van der Waals surface area (Å²) in [5.74, 6) is -0.716. The quantitative estimate of drug-likeness (QED) is 0.145. The van der Waals surface area contributed by atoms with Gasteiger partial charge in [-0.05, 0) is 53.9 Å². The van der Waals surface area contributed by atoms with Gasteiger partial charge in [0.25, 0.3) is 0 Å². The highest BCUT2D eigenvalue weighted by Gasteiger charge is 2.31. The molecule has 8 nitrogen and oxygen atoms in total. The molecule has 0 radical (unpaired) electrons. The van der Waals surface area contributed by atoms with Crippen LogP contribution in [0.5, 0.6) is 11.6 Å². The summed E-state index contributed by atoms with van der Waals surface area (Å²) in [6, 6.07) is 7.94. The standard InChI is InChI=1S/C23H21F5N6O2/c1-3-16-10-15(5-4-14(16)2)12-30-34-19-11-20(35-13-22(24,25)29)33-21(32-19)31-17-6-8-18(9-7-17)36-23(26,27)28/h3-12H,1,13,29H2,2H3,(H2,31,32,33,34)/b30-12-. The predicted octanol–water partition coefficient (Wildman–Crippen LogP) is 5.45. The van der Waals surface area contributed by atoms with Crippen molar-refractivity contribution in [2.24, 2.45) is 10.8 Å². The molecule has 13 heteroatoms. The highest BCUT2D eigenvalue weighted by Crippen LogP contribution is 2.26. The normalized spacial score (nSPS) is 11.9. The van der Waals surface area contributed by atoms with Gasteiger partial charge >= 0.3 is 12.4 Å². The zero-order chi connectivity index (χ0) is 26.3. The average Bonchev–Trinajstić information content (AvgIpc) is 2.79. The van der Waals surface area contributed by atoms with Crippen LogP contribution in [0.3, 0.4) is 0 Å². The summed E-state index contributed by atoms with van der Waals surface area (Å²) in [5, 5.41) is 6.82. The van der Waals surface area contributed by atoms with Gasteiger partial charge in [-0.2, -0.15) is 23.9 Å². The van der Waals surface area contributed by atoms with E-state index in [4.69, 9.17) is 4.74 Å². The first kappa shape index (κ1) is 26.3. The molecule has 0 aliphatic heterocycles. The lowest BCUT2D eigenvalue weighted by molar-refractivity contribution is -0.274. The van der Waals surface area contributed by atoms with E-state index < -0.39 is 24.8 Å². The lowest BCUT2D eigenvalue weighted by Gasteiger charge is -2.13.